The van der Waals surface area contributed by atoms with Gasteiger partial charge in [0.1, 0.15) is 0 Å². The van der Waals surface area contributed by atoms with E-state index in [-0.39, 0.29) is 5.91 Å². The van der Waals surface area contributed by atoms with Crippen LogP contribution < -0.4 is 4.90 Å². The van der Waals surface area contributed by atoms with E-state index < -0.39 is 5.41 Å². The van der Waals surface area contributed by atoms with Crippen LogP contribution in [-0.2, 0) is 29.6 Å². The summed E-state index contributed by atoms with van der Waals surface area (Å²) in [4.78, 5) is 15.6. The molecular weight excluding hydrogens is 358 g/mol. The van der Waals surface area contributed by atoms with Gasteiger partial charge in [0.25, 0.3) is 0 Å². The van der Waals surface area contributed by atoms with E-state index in [1.165, 1.54) is 11.1 Å². The van der Waals surface area contributed by atoms with Crippen LogP contribution in [0.3, 0.4) is 0 Å². The largest absolute Gasteiger partial charge is 0.277 e. The first-order valence-corrected chi connectivity index (χ1v) is 9.74. The van der Waals surface area contributed by atoms with Crippen molar-refractivity contribution in [3.63, 3.8) is 0 Å². The Balaban J connectivity index is 1.65. The molecule has 0 radical (unpaired) electrons. The lowest BCUT2D eigenvalue weighted by Crippen LogP contribution is -2.39. The third-order valence-electron chi connectivity index (χ3n) is 5.76. The molecule has 0 bridgehead atoms. The van der Waals surface area contributed by atoms with Crippen molar-refractivity contribution in [2.24, 2.45) is 0 Å². The fraction of sp³-hybridized carbons (Fsp3) is 0.273. The smallest absolute Gasteiger partial charge is 0.243 e. The highest BCUT2D eigenvalue weighted by Gasteiger charge is 2.54. The molecule has 2 aliphatic rings. The second-order valence-electron chi connectivity index (χ2n) is 7.47. The molecule has 4 nitrogen and oxygen atoms in total. The molecule has 0 saturated heterocycles. The Bertz CT molecular complexity index is 1030. The lowest BCUT2D eigenvalue weighted by Gasteiger charge is -2.23. The minimum atomic E-state index is -0.545. The summed E-state index contributed by atoms with van der Waals surface area (Å²) in [6, 6.07) is 14.2. The van der Waals surface area contributed by atoms with Crippen molar-refractivity contribution in [1.82, 2.24) is 9.78 Å². The minimum absolute atomic E-state index is 0.118. The summed E-state index contributed by atoms with van der Waals surface area (Å²) in [6.07, 6.45) is 6.19. The average Bonchev–Trinajstić information content (AvgIpc) is 3.32. The Labute approximate surface area is 163 Å². The number of hydrogen-bond acceptors (Lipinski definition) is 2. The summed E-state index contributed by atoms with van der Waals surface area (Å²) in [7, 11) is 0. The van der Waals surface area contributed by atoms with Gasteiger partial charge in [0, 0.05) is 17.8 Å². The highest BCUT2D eigenvalue weighted by Crippen LogP contribution is 2.52. The number of carbonyl (C=O) groups excluding carboxylic acids is 1. The number of aryl methyl sites for hydroxylation is 1. The van der Waals surface area contributed by atoms with Crippen LogP contribution in [0, 0.1) is 0 Å². The Hall–Kier alpha value is -2.59. The molecule has 1 aliphatic carbocycles. The predicted molar refractivity (Wildman–Crippen MR) is 107 cm³/mol. The second-order valence-corrected chi connectivity index (χ2v) is 7.90. The maximum atomic E-state index is 13.8. The third-order valence-corrected chi connectivity index (χ3v) is 6.00. The summed E-state index contributed by atoms with van der Waals surface area (Å²) in [5.41, 5.74) is 4.74. The SMILES string of the molecule is CCCn1cc(N2C(=O)C3(Cc4ccccc4C3)c3ccc(Cl)cc32)cn1. The molecule has 5 heteroatoms. The van der Waals surface area contributed by atoms with Gasteiger partial charge in [-0.3, -0.25) is 14.4 Å². The van der Waals surface area contributed by atoms with Crippen molar-refractivity contribution in [2.75, 3.05) is 4.90 Å². The lowest BCUT2D eigenvalue weighted by molar-refractivity contribution is -0.122. The fourth-order valence-electron chi connectivity index (χ4n) is 4.57. The summed E-state index contributed by atoms with van der Waals surface area (Å²) in [5.74, 6) is 0.118. The van der Waals surface area contributed by atoms with Crippen LogP contribution in [0.5, 0.6) is 0 Å². The molecule has 0 saturated carbocycles. The van der Waals surface area contributed by atoms with Gasteiger partial charge in [0.05, 0.1) is 23.0 Å². The van der Waals surface area contributed by atoms with Crippen LogP contribution in [0.15, 0.2) is 54.9 Å². The molecule has 136 valence electrons. The molecule has 1 spiro atoms. The average molecular weight is 378 g/mol. The molecule has 2 heterocycles. The monoisotopic (exact) mass is 377 g/mol. The van der Waals surface area contributed by atoms with Gasteiger partial charge < -0.3 is 0 Å². The molecule has 27 heavy (non-hydrogen) atoms. The van der Waals surface area contributed by atoms with Gasteiger partial charge in [-0.1, -0.05) is 48.9 Å². The van der Waals surface area contributed by atoms with Crippen LogP contribution in [0.25, 0.3) is 0 Å². The number of aromatic nitrogens is 2. The van der Waals surface area contributed by atoms with Gasteiger partial charge in [0.15, 0.2) is 0 Å². The summed E-state index contributed by atoms with van der Waals surface area (Å²) >= 11 is 6.30. The zero-order valence-electron chi connectivity index (χ0n) is 15.2. The maximum absolute atomic E-state index is 13.8. The van der Waals surface area contributed by atoms with Crippen LogP contribution in [0.2, 0.25) is 5.02 Å². The van der Waals surface area contributed by atoms with Gasteiger partial charge in [-0.25, -0.2) is 0 Å². The summed E-state index contributed by atoms with van der Waals surface area (Å²) in [6.45, 7) is 2.95. The molecule has 5 rings (SSSR count). The number of anilines is 2. The highest BCUT2D eigenvalue weighted by molar-refractivity contribution is 6.31. The molecule has 2 aromatic carbocycles. The van der Waals surface area contributed by atoms with E-state index >= 15 is 0 Å². The van der Waals surface area contributed by atoms with Gasteiger partial charge in [-0.15, -0.1) is 0 Å². The number of fused-ring (bicyclic) bond motifs is 3. The normalized spacial score (nSPS) is 16.8. The zero-order chi connectivity index (χ0) is 18.6. The molecule has 1 aromatic heterocycles. The molecule has 0 fully saturated rings. The second kappa shape index (κ2) is 5.96. The van der Waals surface area contributed by atoms with Gasteiger partial charge in [-0.2, -0.15) is 5.10 Å². The standard InChI is InChI=1S/C22H20ClN3O/c1-2-9-25-14-18(13-24-25)26-20-10-17(23)7-8-19(20)22(21(26)27)11-15-5-3-4-6-16(15)12-22/h3-8,10,13-14H,2,9,11-12H2,1H3. The number of rotatable bonds is 3. The van der Waals surface area contributed by atoms with Crippen molar-refractivity contribution >= 4 is 28.9 Å². The van der Waals surface area contributed by atoms with Crippen molar-refractivity contribution < 1.29 is 4.79 Å². The van der Waals surface area contributed by atoms with Gasteiger partial charge in [0.2, 0.25) is 5.91 Å². The first-order chi connectivity index (χ1) is 13.1. The number of amides is 1. The number of nitrogens with zero attached hydrogens (tertiary/aromatic N) is 3. The molecule has 1 amide bonds. The summed E-state index contributed by atoms with van der Waals surface area (Å²) < 4.78 is 1.89. The maximum Gasteiger partial charge on any atom is 0.243 e. The van der Waals surface area contributed by atoms with Crippen LogP contribution in [-0.4, -0.2) is 15.7 Å². The molecular formula is C22H20ClN3O. The van der Waals surface area contributed by atoms with Gasteiger partial charge in [-0.05, 0) is 48.1 Å². The van der Waals surface area contributed by atoms with E-state index in [1.54, 1.807) is 6.20 Å². The van der Waals surface area contributed by atoms with E-state index in [0.29, 0.717) is 5.02 Å². The predicted octanol–water partition coefficient (Wildman–Crippen LogP) is 4.66. The minimum Gasteiger partial charge on any atom is -0.277 e. The zero-order valence-corrected chi connectivity index (χ0v) is 15.9. The number of halogens is 1. The van der Waals surface area contributed by atoms with E-state index in [9.17, 15) is 4.79 Å². The lowest BCUT2D eigenvalue weighted by atomic mass is 9.79. The Morgan fingerprint density at radius 1 is 1.15 bits per heavy atom. The first kappa shape index (κ1) is 16.6. The highest BCUT2D eigenvalue weighted by atomic mass is 35.5. The van der Waals surface area contributed by atoms with Crippen LogP contribution in [0.4, 0.5) is 11.4 Å². The molecule has 1 aliphatic heterocycles. The van der Waals surface area contributed by atoms with Crippen molar-refractivity contribution in [3.05, 3.63) is 76.6 Å². The van der Waals surface area contributed by atoms with Crippen molar-refractivity contribution in [3.8, 4) is 0 Å². The van der Waals surface area contributed by atoms with E-state index in [1.807, 2.05) is 46.1 Å². The fourth-order valence-corrected chi connectivity index (χ4v) is 4.73. The molecule has 0 unspecified atom stereocenters. The van der Waals surface area contributed by atoms with Crippen LogP contribution >= 0.6 is 11.6 Å². The van der Waals surface area contributed by atoms with Crippen molar-refractivity contribution in [1.29, 1.82) is 0 Å². The number of hydrogen-bond donors (Lipinski definition) is 0. The first-order valence-electron chi connectivity index (χ1n) is 9.36. The number of benzene rings is 2. The molecule has 0 atom stereocenters. The van der Waals surface area contributed by atoms with Crippen LogP contribution in [0.1, 0.15) is 30.0 Å². The number of carbonyl (C=O) groups is 1. The third kappa shape index (κ3) is 2.36. The molecule has 3 aromatic rings. The molecule has 0 N–H and O–H groups in total. The topological polar surface area (TPSA) is 38.1 Å². The quantitative estimate of drug-likeness (QED) is 0.665. The van der Waals surface area contributed by atoms with E-state index in [2.05, 4.69) is 24.2 Å². The Kier molecular flexibility index (Phi) is 3.66. The van der Waals surface area contributed by atoms with E-state index in [0.717, 1.165) is 42.7 Å². The Morgan fingerprint density at radius 3 is 2.59 bits per heavy atom. The van der Waals surface area contributed by atoms with Gasteiger partial charge >= 0.3 is 0 Å². The van der Waals surface area contributed by atoms with E-state index in [4.69, 9.17) is 11.6 Å². The Morgan fingerprint density at radius 2 is 1.89 bits per heavy atom. The summed E-state index contributed by atoms with van der Waals surface area (Å²) in [5, 5.41) is 5.06. The van der Waals surface area contributed by atoms with Crippen molar-refractivity contribution in [2.45, 2.75) is 38.1 Å².